The molecule has 0 fully saturated rings. The summed E-state index contributed by atoms with van der Waals surface area (Å²) in [5.74, 6) is 0.149. The first-order valence-corrected chi connectivity index (χ1v) is 4.64. The molecule has 1 aromatic carbocycles. The molecule has 14 heavy (non-hydrogen) atoms. The number of ether oxygens (including phenoxy) is 1. The second kappa shape index (κ2) is 3.84. The van der Waals surface area contributed by atoms with Crippen molar-refractivity contribution in [3.63, 3.8) is 0 Å². The molecule has 1 rings (SSSR count). The Morgan fingerprint density at radius 1 is 1.36 bits per heavy atom. The van der Waals surface area contributed by atoms with E-state index in [0.717, 1.165) is 6.07 Å². The first-order valence-electron chi connectivity index (χ1n) is 3.56. The second-order valence-corrected chi connectivity index (χ2v) is 3.73. The molecule has 0 atom stereocenters. The normalized spacial score (nSPS) is 11.5. The fourth-order valence-corrected chi connectivity index (χ4v) is 1.54. The monoisotopic (exact) mass is 317 g/mol. The van der Waals surface area contributed by atoms with Gasteiger partial charge >= 0.3 is 6.18 Å². The summed E-state index contributed by atoms with van der Waals surface area (Å²) in [6.45, 7) is 0. The lowest BCUT2D eigenvalue weighted by Crippen LogP contribution is -2.10. The van der Waals surface area contributed by atoms with Crippen LogP contribution in [0.5, 0.6) is 5.75 Å². The SMILES string of the molecule is COc1cc(I)c(N)c(C(F)(F)F)c1. The lowest BCUT2D eigenvalue weighted by atomic mass is 10.1. The fraction of sp³-hybridized carbons (Fsp3) is 0.250. The maximum absolute atomic E-state index is 12.4. The van der Waals surface area contributed by atoms with Gasteiger partial charge in [-0.1, -0.05) is 0 Å². The van der Waals surface area contributed by atoms with E-state index >= 15 is 0 Å². The minimum absolute atomic E-state index is 0.149. The molecule has 1 aromatic rings. The molecular formula is C8H7F3INO. The van der Waals surface area contributed by atoms with E-state index in [1.54, 1.807) is 22.6 Å². The number of nitrogen functional groups attached to an aromatic ring is 1. The standard InChI is InChI=1S/C8H7F3INO/c1-14-4-2-5(8(9,10)11)7(13)6(12)3-4/h2-3H,13H2,1H3. The molecule has 0 heterocycles. The van der Waals surface area contributed by atoms with Crippen LogP contribution in [0.4, 0.5) is 18.9 Å². The van der Waals surface area contributed by atoms with Crippen molar-refractivity contribution in [1.29, 1.82) is 0 Å². The molecule has 0 saturated heterocycles. The third-order valence-electron chi connectivity index (χ3n) is 1.64. The number of alkyl halides is 3. The van der Waals surface area contributed by atoms with Crippen molar-refractivity contribution in [3.8, 4) is 5.75 Å². The predicted octanol–water partition coefficient (Wildman–Crippen LogP) is 2.90. The van der Waals surface area contributed by atoms with Crippen molar-refractivity contribution < 1.29 is 17.9 Å². The van der Waals surface area contributed by atoms with E-state index in [4.69, 9.17) is 10.5 Å². The number of hydrogen-bond acceptors (Lipinski definition) is 2. The van der Waals surface area contributed by atoms with E-state index < -0.39 is 11.7 Å². The summed E-state index contributed by atoms with van der Waals surface area (Å²) in [5.41, 5.74) is 4.18. The van der Waals surface area contributed by atoms with Gasteiger partial charge in [0.05, 0.1) is 18.4 Å². The first kappa shape index (κ1) is 11.4. The molecule has 78 valence electrons. The molecule has 2 N–H and O–H groups in total. The van der Waals surface area contributed by atoms with E-state index in [2.05, 4.69) is 0 Å². The van der Waals surface area contributed by atoms with Crippen LogP contribution in [0.25, 0.3) is 0 Å². The molecule has 0 radical (unpaired) electrons. The maximum atomic E-state index is 12.4. The van der Waals surface area contributed by atoms with Crippen molar-refractivity contribution in [2.45, 2.75) is 6.18 Å². The Bertz CT molecular complexity index is 351. The quantitative estimate of drug-likeness (QED) is 0.638. The topological polar surface area (TPSA) is 35.2 Å². The van der Waals surface area contributed by atoms with E-state index in [1.807, 2.05) is 0 Å². The number of nitrogens with two attached hydrogens (primary N) is 1. The molecular weight excluding hydrogens is 310 g/mol. The molecule has 6 heteroatoms. The first-order chi connectivity index (χ1) is 6.36. The molecule has 0 aliphatic carbocycles. The molecule has 0 amide bonds. The summed E-state index contributed by atoms with van der Waals surface area (Å²) < 4.78 is 42.3. The lowest BCUT2D eigenvalue weighted by Gasteiger charge is -2.12. The summed E-state index contributed by atoms with van der Waals surface area (Å²) in [7, 11) is 1.31. The van der Waals surface area contributed by atoms with Gasteiger partial charge < -0.3 is 10.5 Å². The molecule has 0 spiro atoms. The van der Waals surface area contributed by atoms with Gasteiger partial charge in [-0.15, -0.1) is 0 Å². The van der Waals surface area contributed by atoms with Crippen LogP contribution in [0.3, 0.4) is 0 Å². The number of halogens is 4. The lowest BCUT2D eigenvalue weighted by molar-refractivity contribution is -0.137. The van der Waals surface area contributed by atoms with Gasteiger partial charge in [-0.2, -0.15) is 13.2 Å². The maximum Gasteiger partial charge on any atom is 0.418 e. The van der Waals surface area contributed by atoms with E-state index in [1.165, 1.54) is 13.2 Å². The second-order valence-electron chi connectivity index (χ2n) is 2.57. The average molecular weight is 317 g/mol. The van der Waals surface area contributed by atoms with Crippen LogP contribution in [-0.4, -0.2) is 7.11 Å². The highest BCUT2D eigenvalue weighted by molar-refractivity contribution is 14.1. The van der Waals surface area contributed by atoms with Gasteiger partial charge in [0.15, 0.2) is 0 Å². The molecule has 0 saturated carbocycles. The number of benzene rings is 1. The van der Waals surface area contributed by atoms with Crippen LogP contribution in [0.15, 0.2) is 12.1 Å². The van der Waals surface area contributed by atoms with Crippen molar-refractivity contribution >= 4 is 28.3 Å². The van der Waals surface area contributed by atoms with E-state index in [0.29, 0.717) is 3.57 Å². The zero-order valence-electron chi connectivity index (χ0n) is 7.15. The molecule has 0 aliphatic rings. The Hall–Kier alpha value is -0.660. The zero-order chi connectivity index (χ0) is 10.9. The van der Waals surface area contributed by atoms with E-state index in [9.17, 15) is 13.2 Å². The number of rotatable bonds is 1. The zero-order valence-corrected chi connectivity index (χ0v) is 9.31. The highest BCUT2D eigenvalue weighted by Gasteiger charge is 2.34. The van der Waals surface area contributed by atoms with Crippen LogP contribution in [0.1, 0.15) is 5.56 Å². The summed E-state index contributed by atoms with van der Waals surface area (Å²) in [5, 5.41) is 0. The van der Waals surface area contributed by atoms with Crippen LogP contribution >= 0.6 is 22.6 Å². The molecule has 0 unspecified atom stereocenters. The molecule has 2 nitrogen and oxygen atoms in total. The van der Waals surface area contributed by atoms with E-state index in [-0.39, 0.29) is 11.4 Å². The predicted molar refractivity (Wildman–Crippen MR) is 55.1 cm³/mol. The average Bonchev–Trinajstić information content (AvgIpc) is 2.07. The van der Waals surface area contributed by atoms with Gasteiger partial charge in [-0.25, -0.2) is 0 Å². The Kier molecular flexibility index (Phi) is 3.13. The van der Waals surface area contributed by atoms with Gasteiger partial charge in [-0.3, -0.25) is 0 Å². The smallest absolute Gasteiger partial charge is 0.418 e. The van der Waals surface area contributed by atoms with Crippen LogP contribution < -0.4 is 10.5 Å². The number of methoxy groups -OCH3 is 1. The largest absolute Gasteiger partial charge is 0.497 e. The Labute approximate surface area is 92.4 Å². The molecule has 0 aromatic heterocycles. The summed E-state index contributed by atoms with van der Waals surface area (Å²) in [6, 6.07) is 2.34. The molecule has 0 bridgehead atoms. The summed E-state index contributed by atoms with van der Waals surface area (Å²) >= 11 is 1.73. The van der Waals surface area contributed by atoms with Crippen molar-refractivity contribution in [2.75, 3.05) is 12.8 Å². The highest BCUT2D eigenvalue weighted by atomic mass is 127. The van der Waals surface area contributed by atoms with Crippen LogP contribution in [0.2, 0.25) is 0 Å². The van der Waals surface area contributed by atoms with Crippen molar-refractivity contribution in [2.24, 2.45) is 0 Å². The van der Waals surface area contributed by atoms with Gasteiger partial charge in [0.1, 0.15) is 5.75 Å². The van der Waals surface area contributed by atoms with Gasteiger partial charge in [0.2, 0.25) is 0 Å². The molecule has 0 aliphatic heterocycles. The Balaban J connectivity index is 3.35. The summed E-state index contributed by atoms with van der Waals surface area (Å²) in [6.07, 6.45) is -4.45. The fourth-order valence-electron chi connectivity index (χ4n) is 0.945. The van der Waals surface area contributed by atoms with Gasteiger partial charge in [-0.05, 0) is 34.7 Å². The third kappa shape index (κ3) is 2.23. The highest BCUT2D eigenvalue weighted by Crippen LogP contribution is 2.38. The van der Waals surface area contributed by atoms with Crippen molar-refractivity contribution in [1.82, 2.24) is 0 Å². The van der Waals surface area contributed by atoms with Gasteiger partial charge in [0.25, 0.3) is 0 Å². The van der Waals surface area contributed by atoms with Crippen molar-refractivity contribution in [3.05, 3.63) is 21.3 Å². The minimum Gasteiger partial charge on any atom is -0.497 e. The minimum atomic E-state index is -4.45. The van der Waals surface area contributed by atoms with Crippen LogP contribution in [-0.2, 0) is 6.18 Å². The third-order valence-corrected chi connectivity index (χ3v) is 2.54. The van der Waals surface area contributed by atoms with Gasteiger partial charge in [0, 0.05) is 3.57 Å². The number of hydrogen-bond donors (Lipinski definition) is 1. The number of anilines is 1. The van der Waals surface area contributed by atoms with Crippen LogP contribution in [0, 0.1) is 3.57 Å². The summed E-state index contributed by atoms with van der Waals surface area (Å²) in [4.78, 5) is 0. The Morgan fingerprint density at radius 3 is 2.36 bits per heavy atom. The Morgan fingerprint density at radius 2 is 1.93 bits per heavy atom.